The van der Waals surface area contributed by atoms with E-state index in [1.54, 1.807) is 42.5 Å². The molecule has 11 heteroatoms. The Bertz CT molecular complexity index is 6050. The topological polar surface area (TPSA) is 6.48 Å². The van der Waals surface area contributed by atoms with E-state index in [1.165, 1.54) is 0 Å². The number of nitrogens with zero attached hydrogens (tertiary/aromatic N) is 2. The van der Waals surface area contributed by atoms with E-state index in [0.29, 0.717) is 75.1 Å². The molecule has 12 aromatic rings. The lowest BCUT2D eigenvalue weighted by atomic mass is 9.65. The molecule has 111 heavy (non-hydrogen) atoms. The molecular formula is C100H71F9N2. The molecule has 4 atom stereocenters. The second kappa shape index (κ2) is 28.2. The fraction of sp³-hybridized carbons (Fsp3) is 0.120. The van der Waals surface area contributed by atoms with Gasteiger partial charge in [0.1, 0.15) is 12.0 Å². The van der Waals surface area contributed by atoms with Gasteiger partial charge in [-0.3, -0.25) is 0 Å². The van der Waals surface area contributed by atoms with Crippen LogP contribution in [0, 0.1) is 29.1 Å². The van der Waals surface area contributed by atoms with Crippen LogP contribution >= 0.6 is 0 Å². The van der Waals surface area contributed by atoms with Crippen LogP contribution in [0.1, 0.15) is 122 Å². The third kappa shape index (κ3) is 11.6. The third-order valence-corrected chi connectivity index (χ3v) is 23.6. The number of hydrogen-bond donors (Lipinski definition) is 0. The number of rotatable bonds is 17. The molecule has 12 aromatic carbocycles. The molecule has 544 valence electrons. The second-order valence-corrected chi connectivity index (χ2v) is 29.4. The SMILES string of the molecule is C=Cc1ccc(CC2(C3=C(F)C(F)=C(F)CC3F)c3ccccc3-c3ccc(N(C4=CC=C(c5ccccc5)CC4)c4ccc(C5CC=C(N(c6ccc(C7=CCCC=C7)cc6)c6ccc7c(c6)C(Cc6ccc(C=C)cc6)(c6c(F)c(F)c(F)c(F)c6F)c6ccccc6-7)c6ccccc65)c5ccccc45)cc32)cc1. The summed E-state index contributed by atoms with van der Waals surface area (Å²) in [5.74, 6) is -15.1. The van der Waals surface area contributed by atoms with Crippen molar-refractivity contribution in [2.24, 2.45) is 0 Å². The quantitative estimate of drug-likeness (QED) is 0.0509. The van der Waals surface area contributed by atoms with Crippen molar-refractivity contribution in [2.75, 3.05) is 9.80 Å². The minimum absolute atomic E-state index is 0.0124. The van der Waals surface area contributed by atoms with E-state index < -0.39 is 81.1 Å². The highest BCUT2D eigenvalue weighted by Gasteiger charge is 2.54. The largest absolute Gasteiger partial charge is 0.314 e. The summed E-state index contributed by atoms with van der Waals surface area (Å²) in [6.45, 7) is 7.86. The lowest BCUT2D eigenvalue weighted by Gasteiger charge is -2.39. The van der Waals surface area contributed by atoms with Crippen molar-refractivity contribution in [1.29, 1.82) is 0 Å². The molecule has 0 aromatic heterocycles. The predicted molar refractivity (Wildman–Crippen MR) is 432 cm³/mol. The number of benzene rings is 12. The normalized spacial score (nSPS) is 18.8. The maximum atomic E-state index is 17.4. The minimum atomic E-state index is -2.24. The number of halogens is 9. The number of hydrogen-bond acceptors (Lipinski definition) is 2. The molecule has 0 fully saturated rings. The summed E-state index contributed by atoms with van der Waals surface area (Å²) < 4.78 is 149. The van der Waals surface area contributed by atoms with E-state index in [4.69, 9.17) is 0 Å². The van der Waals surface area contributed by atoms with Crippen molar-refractivity contribution in [3.05, 3.63) is 434 Å². The van der Waals surface area contributed by atoms with E-state index in [1.807, 2.05) is 146 Å². The van der Waals surface area contributed by atoms with Gasteiger partial charge in [0.2, 0.25) is 5.82 Å². The summed E-state index contributed by atoms with van der Waals surface area (Å²) in [6.07, 6.45) is 16.6. The van der Waals surface area contributed by atoms with Crippen molar-refractivity contribution >= 4 is 62.5 Å². The first-order chi connectivity index (χ1) is 54.2. The van der Waals surface area contributed by atoms with Gasteiger partial charge in [0.05, 0.1) is 16.5 Å². The first-order valence-electron chi connectivity index (χ1n) is 37.5. The average Bonchev–Trinajstić information content (AvgIpc) is 1.55. The highest BCUT2D eigenvalue weighted by Crippen LogP contribution is 2.62. The first kappa shape index (κ1) is 70.2. The summed E-state index contributed by atoms with van der Waals surface area (Å²) in [7, 11) is 0. The third-order valence-electron chi connectivity index (χ3n) is 23.6. The lowest BCUT2D eigenvalue weighted by molar-refractivity contribution is 0.292. The monoisotopic (exact) mass is 1470 g/mol. The van der Waals surface area contributed by atoms with E-state index in [9.17, 15) is 0 Å². The molecule has 6 aliphatic carbocycles. The van der Waals surface area contributed by atoms with Gasteiger partial charge < -0.3 is 9.80 Å². The van der Waals surface area contributed by atoms with Crippen LogP contribution in [0.25, 0.3) is 62.0 Å². The van der Waals surface area contributed by atoms with Gasteiger partial charge in [0.15, 0.2) is 34.9 Å². The molecule has 0 heterocycles. The van der Waals surface area contributed by atoms with Crippen LogP contribution in [-0.2, 0) is 23.7 Å². The minimum Gasteiger partial charge on any atom is -0.314 e. The molecule has 0 bridgehead atoms. The van der Waals surface area contributed by atoms with Crippen LogP contribution in [0.4, 0.5) is 62.3 Å². The van der Waals surface area contributed by atoms with Crippen LogP contribution < -0.4 is 9.80 Å². The average molecular weight is 1470 g/mol. The summed E-state index contributed by atoms with van der Waals surface area (Å²) in [6, 6.07) is 80.4. The van der Waals surface area contributed by atoms with Crippen LogP contribution in [0.5, 0.6) is 0 Å². The first-order valence-corrected chi connectivity index (χ1v) is 37.5. The van der Waals surface area contributed by atoms with Crippen molar-refractivity contribution in [3.8, 4) is 22.3 Å². The van der Waals surface area contributed by atoms with E-state index in [2.05, 4.69) is 132 Å². The molecule has 0 amide bonds. The molecule has 0 aliphatic heterocycles. The van der Waals surface area contributed by atoms with Crippen LogP contribution in [0.15, 0.2) is 327 Å². The van der Waals surface area contributed by atoms with Crippen LogP contribution in [-0.4, -0.2) is 6.17 Å². The zero-order valence-electron chi connectivity index (χ0n) is 60.3. The fourth-order valence-corrected chi connectivity index (χ4v) is 18.5. The van der Waals surface area contributed by atoms with Crippen LogP contribution in [0.2, 0.25) is 0 Å². The Balaban J connectivity index is 0.805. The van der Waals surface area contributed by atoms with Crippen LogP contribution in [0.3, 0.4) is 0 Å². The zero-order valence-corrected chi connectivity index (χ0v) is 60.3. The van der Waals surface area contributed by atoms with Gasteiger partial charge in [0.25, 0.3) is 0 Å². The Kier molecular flexibility index (Phi) is 17.8. The van der Waals surface area contributed by atoms with Gasteiger partial charge >= 0.3 is 0 Å². The maximum absolute atomic E-state index is 17.4. The molecule has 6 aliphatic rings. The number of anilines is 4. The summed E-state index contributed by atoms with van der Waals surface area (Å²) in [5, 5.41) is 1.86. The van der Waals surface area contributed by atoms with Gasteiger partial charge in [0, 0.05) is 62.9 Å². The maximum Gasteiger partial charge on any atom is 0.200 e. The van der Waals surface area contributed by atoms with E-state index in [0.717, 1.165) is 108 Å². The Morgan fingerprint density at radius 2 is 0.982 bits per heavy atom. The van der Waals surface area contributed by atoms with Crippen molar-refractivity contribution in [2.45, 2.75) is 74.3 Å². The van der Waals surface area contributed by atoms with Gasteiger partial charge in [-0.1, -0.05) is 262 Å². The number of alkyl halides is 1. The molecule has 0 saturated heterocycles. The fourth-order valence-electron chi connectivity index (χ4n) is 18.5. The smallest absolute Gasteiger partial charge is 0.200 e. The molecule has 0 radical (unpaired) electrons. The van der Waals surface area contributed by atoms with Gasteiger partial charge in [-0.15, -0.1) is 0 Å². The molecule has 0 saturated carbocycles. The highest BCUT2D eigenvalue weighted by atomic mass is 19.2. The Hall–Kier alpha value is -12.5. The molecule has 2 nitrogen and oxygen atoms in total. The lowest BCUT2D eigenvalue weighted by Crippen LogP contribution is -2.37. The number of fused-ring (bicyclic) bond motifs is 8. The molecule has 18 rings (SSSR count). The van der Waals surface area contributed by atoms with Gasteiger partial charge in [-0.2, -0.15) is 0 Å². The molecular weight excluding hydrogens is 1400 g/mol. The number of allylic oxidation sites excluding steroid dienone is 13. The van der Waals surface area contributed by atoms with E-state index in [-0.39, 0.29) is 18.8 Å². The van der Waals surface area contributed by atoms with Crippen molar-refractivity contribution < 1.29 is 39.5 Å². The standard InChI is InChI=1S/C100H71F9N2/c1-3-60-31-35-62(36-32-60)58-99(90-86(101)57-87(102)92(103)93(90)104)82-29-17-15-25-76(82)78-49-47-70(55-84(78)99)110(68-43-39-66(40-44-68)64-19-7-5-8-20-64)88-53-51-74(72-23-11-13-27-80(72)88)75-52-54-89(81-28-14-12-24-73(75)81)111(69-45-41-67(42-46-69)65-21-9-6-10-22-65)71-48-50-79-77-26-16-18-30-83(77)100(85(79)56-71,59-63-37-33-61(4-2)34-38-63)91-94(105)96(107)98(109)97(108)95(91)106/h3-5,7-9,11-39,41-43,45-51,53-56,75,86H,1-2,6,10,40,44,52,57-59H2. The Morgan fingerprint density at radius 1 is 0.432 bits per heavy atom. The van der Waals surface area contributed by atoms with Crippen molar-refractivity contribution in [3.63, 3.8) is 0 Å². The van der Waals surface area contributed by atoms with Gasteiger partial charge in [-0.05, 0) is 199 Å². The predicted octanol–water partition coefficient (Wildman–Crippen LogP) is 27.4. The molecule has 0 spiro atoms. The highest BCUT2D eigenvalue weighted by molar-refractivity contribution is 6.02. The summed E-state index contributed by atoms with van der Waals surface area (Å²) in [5.41, 5.74) is 14.1. The summed E-state index contributed by atoms with van der Waals surface area (Å²) in [4.78, 5) is 4.37. The van der Waals surface area contributed by atoms with Crippen molar-refractivity contribution in [1.82, 2.24) is 0 Å². The zero-order chi connectivity index (χ0) is 76.0. The molecule has 4 unspecified atom stereocenters. The molecule has 0 N–H and O–H groups in total. The summed E-state index contributed by atoms with van der Waals surface area (Å²) >= 11 is 0. The van der Waals surface area contributed by atoms with Gasteiger partial charge in [-0.25, -0.2) is 39.5 Å². The van der Waals surface area contributed by atoms with E-state index >= 15 is 39.5 Å². The second-order valence-electron chi connectivity index (χ2n) is 29.4. The Morgan fingerprint density at radius 3 is 1.60 bits per heavy atom. The Labute approximate surface area is 638 Å².